The van der Waals surface area contributed by atoms with Gasteiger partial charge >= 0.3 is 12.0 Å². The average Bonchev–Trinajstić information content (AvgIpc) is 2.90. The molecule has 1 aliphatic rings. The van der Waals surface area contributed by atoms with Gasteiger partial charge in [0.15, 0.2) is 0 Å². The lowest BCUT2D eigenvalue weighted by Gasteiger charge is -2.50. The highest BCUT2D eigenvalue weighted by Crippen LogP contribution is 2.45. The number of nitrogens with zero attached hydrogens (tertiary/aromatic N) is 3. The van der Waals surface area contributed by atoms with E-state index in [1.165, 1.54) is 0 Å². The maximum absolute atomic E-state index is 13.2. The second-order valence-electron chi connectivity index (χ2n) is 8.23. The molecular weight excluding hydrogens is 330 g/mol. The molecule has 2 atom stereocenters. The van der Waals surface area contributed by atoms with Crippen LogP contribution in [-0.2, 0) is 11.3 Å². The maximum Gasteiger partial charge on any atom is 0.330 e. The Morgan fingerprint density at radius 3 is 2.50 bits per heavy atom. The summed E-state index contributed by atoms with van der Waals surface area (Å²) in [6.45, 7) is 13.0. The summed E-state index contributed by atoms with van der Waals surface area (Å²) in [4.78, 5) is 33.3. The van der Waals surface area contributed by atoms with Crippen molar-refractivity contribution in [2.75, 3.05) is 13.1 Å². The fourth-order valence-corrected chi connectivity index (χ4v) is 4.30. The fourth-order valence-electron chi connectivity index (χ4n) is 4.30. The Hall–Kier alpha value is -2.11. The van der Waals surface area contributed by atoms with Crippen LogP contribution in [0.2, 0.25) is 0 Å². The van der Waals surface area contributed by atoms with Gasteiger partial charge in [0.1, 0.15) is 5.54 Å². The first-order valence-corrected chi connectivity index (χ1v) is 9.27. The highest BCUT2D eigenvalue weighted by molar-refractivity contribution is 5.88. The standard InChI is InChI=1S/C20H31N3O3/c1-7-14(2)20(17(24)25,19(4,5)6)23-12-11-22(18(23)26)13-16-9-8-10-21-15(16)3/h8-10,14H,7,11-13H2,1-6H3,(H,24,25)/t14-,20+/m0/s1. The third-order valence-electron chi connectivity index (χ3n) is 5.79. The molecule has 0 aromatic carbocycles. The highest BCUT2D eigenvalue weighted by Gasteiger charge is 2.59. The summed E-state index contributed by atoms with van der Waals surface area (Å²) in [6.07, 6.45) is 2.42. The molecule has 0 radical (unpaired) electrons. The second kappa shape index (κ2) is 7.25. The Morgan fingerprint density at radius 2 is 2.00 bits per heavy atom. The van der Waals surface area contributed by atoms with E-state index < -0.39 is 16.9 Å². The van der Waals surface area contributed by atoms with Crippen LogP contribution in [0.3, 0.4) is 0 Å². The Bertz CT molecular complexity index is 683. The van der Waals surface area contributed by atoms with Gasteiger partial charge in [-0.25, -0.2) is 9.59 Å². The van der Waals surface area contributed by atoms with Crippen LogP contribution in [0, 0.1) is 18.3 Å². The molecule has 1 fully saturated rings. The molecule has 0 aliphatic carbocycles. The third-order valence-corrected chi connectivity index (χ3v) is 5.79. The number of amides is 2. The van der Waals surface area contributed by atoms with Crippen molar-refractivity contribution >= 4 is 12.0 Å². The number of carboxylic acid groups (broad SMARTS) is 1. The number of aliphatic carboxylic acids is 1. The Labute approximate surface area is 156 Å². The number of pyridine rings is 1. The molecule has 0 bridgehead atoms. The monoisotopic (exact) mass is 361 g/mol. The molecular formula is C20H31N3O3. The molecule has 0 unspecified atom stereocenters. The molecule has 6 heteroatoms. The number of hydrogen-bond donors (Lipinski definition) is 1. The molecule has 1 aromatic rings. The van der Waals surface area contributed by atoms with Crippen molar-refractivity contribution in [1.29, 1.82) is 0 Å². The van der Waals surface area contributed by atoms with Crippen molar-refractivity contribution in [3.8, 4) is 0 Å². The van der Waals surface area contributed by atoms with Crippen LogP contribution < -0.4 is 0 Å². The van der Waals surface area contributed by atoms with E-state index in [4.69, 9.17) is 0 Å². The third kappa shape index (κ3) is 3.17. The molecule has 0 spiro atoms. The Kier molecular flexibility index (Phi) is 5.64. The highest BCUT2D eigenvalue weighted by atomic mass is 16.4. The molecule has 2 rings (SSSR count). The number of carbonyl (C=O) groups is 2. The summed E-state index contributed by atoms with van der Waals surface area (Å²) in [5.74, 6) is -1.09. The fraction of sp³-hybridized carbons (Fsp3) is 0.650. The number of carbonyl (C=O) groups excluding carboxylic acids is 1. The van der Waals surface area contributed by atoms with Crippen LogP contribution in [0.1, 0.15) is 52.3 Å². The van der Waals surface area contributed by atoms with Gasteiger partial charge in [-0.05, 0) is 29.9 Å². The lowest BCUT2D eigenvalue weighted by Crippen LogP contribution is -2.66. The summed E-state index contributed by atoms with van der Waals surface area (Å²) in [5.41, 5.74) is 0.0470. The van der Waals surface area contributed by atoms with Gasteiger partial charge < -0.3 is 14.9 Å². The first kappa shape index (κ1) is 20.2. The maximum atomic E-state index is 13.2. The summed E-state index contributed by atoms with van der Waals surface area (Å²) < 4.78 is 0. The summed E-state index contributed by atoms with van der Waals surface area (Å²) in [7, 11) is 0. The van der Waals surface area contributed by atoms with E-state index >= 15 is 0 Å². The van der Waals surface area contributed by atoms with Crippen molar-refractivity contribution in [1.82, 2.24) is 14.8 Å². The van der Waals surface area contributed by atoms with E-state index in [0.29, 0.717) is 26.1 Å². The van der Waals surface area contributed by atoms with Crippen molar-refractivity contribution in [3.63, 3.8) is 0 Å². The van der Waals surface area contributed by atoms with Crippen LogP contribution in [0.5, 0.6) is 0 Å². The predicted molar refractivity (Wildman–Crippen MR) is 101 cm³/mol. The SMILES string of the molecule is CC[C@H](C)[C@](C(=O)O)(N1CCN(Cc2cccnc2C)C1=O)C(C)(C)C. The van der Waals surface area contributed by atoms with Crippen LogP contribution in [-0.4, -0.2) is 50.5 Å². The average molecular weight is 361 g/mol. The van der Waals surface area contributed by atoms with Crippen molar-refractivity contribution in [3.05, 3.63) is 29.6 Å². The minimum absolute atomic E-state index is 0.163. The number of aryl methyl sites for hydroxylation is 1. The lowest BCUT2D eigenvalue weighted by atomic mass is 9.64. The summed E-state index contributed by atoms with van der Waals surface area (Å²) in [6, 6.07) is 3.61. The number of hydrogen-bond acceptors (Lipinski definition) is 3. The molecule has 6 nitrogen and oxygen atoms in total. The first-order chi connectivity index (χ1) is 12.1. The number of urea groups is 1. The molecule has 1 N–H and O–H groups in total. The van der Waals surface area contributed by atoms with E-state index in [2.05, 4.69) is 4.98 Å². The van der Waals surface area contributed by atoms with Gasteiger partial charge in [-0.3, -0.25) is 4.98 Å². The van der Waals surface area contributed by atoms with Crippen LogP contribution >= 0.6 is 0 Å². The van der Waals surface area contributed by atoms with E-state index in [9.17, 15) is 14.7 Å². The van der Waals surface area contributed by atoms with Gasteiger partial charge in [-0.2, -0.15) is 0 Å². The normalized spacial score (nSPS) is 18.8. The molecule has 1 saturated heterocycles. The first-order valence-electron chi connectivity index (χ1n) is 9.27. The van der Waals surface area contributed by atoms with Gasteiger partial charge in [0.2, 0.25) is 0 Å². The van der Waals surface area contributed by atoms with Crippen LogP contribution in [0.25, 0.3) is 0 Å². The van der Waals surface area contributed by atoms with Gasteiger partial charge in [-0.1, -0.05) is 47.1 Å². The van der Waals surface area contributed by atoms with Crippen molar-refractivity contribution in [2.24, 2.45) is 11.3 Å². The largest absolute Gasteiger partial charge is 0.479 e. The zero-order chi connectivity index (χ0) is 19.7. The quantitative estimate of drug-likeness (QED) is 0.841. The van der Waals surface area contributed by atoms with E-state index in [1.807, 2.05) is 53.7 Å². The van der Waals surface area contributed by atoms with Gasteiger partial charge in [0.05, 0.1) is 0 Å². The van der Waals surface area contributed by atoms with Gasteiger partial charge in [0, 0.05) is 31.5 Å². The summed E-state index contributed by atoms with van der Waals surface area (Å²) >= 11 is 0. The lowest BCUT2D eigenvalue weighted by molar-refractivity contribution is -0.162. The Balaban J connectivity index is 2.38. The second-order valence-corrected chi connectivity index (χ2v) is 8.23. The zero-order valence-corrected chi connectivity index (χ0v) is 16.7. The molecule has 144 valence electrons. The Morgan fingerprint density at radius 1 is 1.35 bits per heavy atom. The van der Waals surface area contributed by atoms with Crippen molar-refractivity contribution in [2.45, 2.75) is 60.0 Å². The molecule has 26 heavy (non-hydrogen) atoms. The molecule has 2 amide bonds. The molecule has 2 heterocycles. The molecule has 1 aliphatic heterocycles. The number of carboxylic acids is 1. The molecule has 1 aromatic heterocycles. The smallest absolute Gasteiger partial charge is 0.330 e. The van der Waals surface area contributed by atoms with E-state index in [1.54, 1.807) is 16.0 Å². The predicted octanol–water partition coefficient (Wildman–Crippen LogP) is 3.54. The summed E-state index contributed by atoms with van der Waals surface area (Å²) in [5, 5.41) is 10.2. The zero-order valence-electron chi connectivity index (χ0n) is 16.7. The van der Waals surface area contributed by atoms with E-state index in [0.717, 1.165) is 11.3 Å². The minimum Gasteiger partial charge on any atom is -0.479 e. The van der Waals surface area contributed by atoms with E-state index in [-0.39, 0.29) is 11.9 Å². The molecule has 0 saturated carbocycles. The van der Waals surface area contributed by atoms with Gasteiger partial charge in [-0.15, -0.1) is 0 Å². The topological polar surface area (TPSA) is 73.7 Å². The van der Waals surface area contributed by atoms with Gasteiger partial charge in [0.25, 0.3) is 0 Å². The van der Waals surface area contributed by atoms with Crippen molar-refractivity contribution < 1.29 is 14.7 Å². The van der Waals surface area contributed by atoms with Crippen LogP contribution in [0.15, 0.2) is 18.3 Å². The minimum atomic E-state index is -1.24. The number of rotatable bonds is 6. The number of aromatic nitrogens is 1. The van der Waals surface area contributed by atoms with Crippen LogP contribution in [0.4, 0.5) is 4.79 Å².